The van der Waals surface area contributed by atoms with Crippen LogP contribution in [0.2, 0.25) is 0 Å². The molecule has 0 aliphatic carbocycles. The number of amides is 1. The van der Waals surface area contributed by atoms with Crippen LogP contribution in [-0.2, 0) is 16.0 Å². The maximum Gasteiger partial charge on any atom is 0.301 e. The molecule has 40 heavy (non-hydrogen) atoms. The molecular formula is C30H33N3O6S. The summed E-state index contributed by atoms with van der Waals surface area (Å²) >= 11 is 1.20. The lowest BCUT2D eigenvalue weighted by atomic mass is 9.94. The van der Waals surface area contributed by atoms with Crippen LogP contribution in [0.25, 0.3) is 5.76 Å². The van der Waals surface area contributed by atoms with Crippen LogP contribution in [0.1, 0.15) is 67.8 Å². The van der Waals surface area contributed by atoms with Gasteiger partial charge in [0.2, 0.25) is 5.13 Å². The molecule has 1 fully saturated rings. The monoisotopic (exact) mass is 563 g/mol. The number of ether oxygens (including phenoxy) is 3. The van der Waals surface area contributed by atoms with Crippen LogP contribution < -0.4 is 19.1 Å². The van der Waals surface area contributed by atoms with Crippen LogP contribution in [0.3, 0.4) is 0 Å². The molecule has 2 unspecified atom stereocenters. The second-order valence-electron chi connectivity index (χ2n) is 9.92. The van der Waals surface area contributed by atoms with Crippen molar-refractivity contribution in [3.05, 3.63) is 63.7 Å². The van der Waals surface area contributed by atoms with Gasteiger partial charge in [-0.2, -0.15) is 0 Å². The molecule has 0 spiro atoms. The Labute approximate surface area is 237 Å². The van der Waals surface area contributed by atoms with Gasteiger partial charge in [-0.05, 0) is 68.7 Å². The standard InChI is InChI=1S/C30H33N3O6S/c1-5-7-8-13-38-23-12-9-19(16-24(23)37-6-2)26-25(28(35)29(36)33(26)30-32-31-18(4)40-30)27(34)20-10-11-22-21(15-20)14-17(3)39-22/h9-12,15-17,26,34H,5-8,13-14H2,1-4H3/b27-25-. The summed E-state index contributed by atoms with van der Waals surface area (Å²) < 4.78 is 17.7. The van der Waals surface area contributed by atoms with Crippen molar-refractivity contribution in [1.29, 1.82) is 0 Å². The van der Waals surface area contributed by atoms with Crippen LogP contribution in [0.4, 0.5) is 5.13 Å². The van der Waals surface area contributed by atoms with Gasteiger partial charge in [-0.3, -0.25) is 14.5 Å². The van der Waals surface area contributed by atoms with Crippen molar-refractivity contribution in [2.24, 2.45) is 0 Å². The smallest absolute Gasteiger partial charge is 0.301 e. The van der Waals surface area contributed by atoms with E-state index in [2.05, 4.69) is 17.1 Å². The Balaban J connectivity index is 1.62. The van der Waals surface area contributed by atoms with Crippen LogP contribution in [-0.4, -0.2) is 46.3 Å². The number of rotatable bonds is 10. The van der Waals surface area contributed by atoms with E-state index in [-0.39, 0.29) is 22.6 Å². The predicted octanol–water partition coefficient (Wildman–Crippen LogP) is 5.76. The van der Waals surface area contributed by atoms with Crippen LogP contribution in [0.5, 0.6) is 17.2 Å². The fourth-order valence-electron chi connectivity index (χ4n) is 5.07. The number of fused-ring (bicyclic) bond motifs is 1. The number of anilines is 1. The van der Waals surface area contributed by atoms with Gasteiger partial charge in [0.25, 0.3) is 5.78 Å². The van der Waals surface area contributed by atoms with Crippen LogP contribution in [0.15, 0.2) is 42.0 Å². The van der Waals surface area contributed by atoms with Crippen molar-refractivity contribution in [1.82, 2.24) is 10.2 Å². The zero-order valence-electron chi connectivity index (χ0n) is 23.1. The van der Waals surface area contributed by atoms with E-state index in [0.717, 1.165) is 30.6 Å². The van der Waals surface area contributed by atoms with Gasteiger partial charge in [-0.25, -0.2) is 0 Å². The van der Waals surface area contributed by atoms with Gasteiger partial charge in [0.15, 0.2) is 11.5 Å². The average Bonchev–Trinajstić information content (AvgIpc) is 3.61. The first kappa shape index (κ1) is 27.6. The first-order valence-corrected chi connectivity index (χ1v) is 14.4. The second-order valence-corrected chi connectivity index (χ2v) is 11.1. The van der Waals surface area contributed by atoms with Crippen molar-refractivity contribution < 1.29 is 28.9 Å². The summed E-state index contributed by atoms with van der Waals surface area (Å²) in [5.74, 6) is 0.00269. The Hall–Kier alpha value is -3.92. The lowest BCUT2D eigenvalue weighted by molar-refractivity contribution is -0.132. The Kier molecular flexibility index (Phi) is 8.07. The minimum atomic E-state index is -0.941. The summed E-state index contributed by atoms with van der Waals surface area (Å²) in [6, 6.07) is 9.69. The number of benzene rings is 2. The normalized spacial score (nSPS) is 19.6. The van der Waals surface area contributed by atoms with Gasteiger partial charge in [0.1, 0.15) is 22.6 Å². The van der Waals surface area contributed by atoms with E-state index in [1.807, 2.05) is 19.9 Å². The number of hydrogen-bond acceptors (Lipinski definition) is 9. The first-order chi connectivity index (χ1) is 19.3. The van der Waals surface area contributed by atoms with E-state index in [4.69, 9.17) is 14.2 Å². The molecule has 3 heterocycles. The summed E-state index contributed by atoms with van der Waals surface area (Å²) in [6.07, 6.45) is 3.78. The summed E-state index contributed by atoms with van der Waals surface area (Å²) in [5.41, 5.74) is 1.93. The summed E-state index contributed by atoms with van der Waals surface area (Å²) in [5, 5.41) is 20.7. The zero-order chi connectivity index (χ0) is 28.4. The molecule has 2 aromatic carbocycles. The number of aromatic nitrogens is 2. The minimum absolute atomic E-state index is 0.0242. The number of aliphatic hydroxyl groups excluding tert-OH is 1. The van der Waals surface area contributed by atoms with E-state index in [1.165, 1.54) is 16.2 Å². The highest BCUT2D eigenvalue weighted by molar-refractivity contribution is 7.15. The maximum atomic E-state index is 13.5. The molecule has 9 nitrogen and oxygen atoms in total. The third kappa shape index (κ3) is 5.28. The molecule has 0 bridgehead atoms. The Morgan fingerprint density at radius 2 is 1.93 bits per heavy atom. The number of unbranched alkanes of at least 4 members (excludes halogenated alkanes) is 2. The van der Waals surface area contributed by atoms with E-state index >= 15 is 0 Å². The lowest BCUT2D eigenvalue weighted by Crippen LogP contribution is -2.29. The number of aryl methyl sites for hydroxylation is 1. The van der Waals surface area contributed by atoms with Gasteiger partial charge < -0.3 is 19.3 Å². The molecule has 2 aliphatic heterocycles. The number of carbonyl (C=O) groups is 2. The zero-order valence-corrected chi connectivity index (χ0v) is 23.9. The Bertz CT molecular complexity index is 1470. The molecule has 0 saturated carbocycles. The highest BCUT2D eigenvalue weighted by atomic mass is 32.1. The van der Waals surface area contributed by atoms with Gasteiger partial charge in [-0.1, -0.05) is 37.2 Å². The van der Waals surface area contributed by atoms with E-state index < -0.39 is 17.7 Å². The molecule has 5 rings (SSSR count). The topological polar surface area (TPSA) is 111 Å². The number of carbonyl (C=O) groups excluding carboxylic acids is 2. The van der Waals surface area contributed by atoms with Crippen molar-refractivity contribution in [2.75, 3.05) is 18.1 Å². The average molecular weight is 564 g/mol. The molecule has 0 radical (unpaired) electrons. The summed E-state index contributed by atoms with van der Waals surface area (Å²) in [4.78, 5) is 28.3. The number of nitrogens with zero attached hydrogens (tertiary/aromatic N) is 3. The molecule has 210 valence electrons. The van der Waals surface area contributed by atoms with Gasteiger partial charge in [-0.15, -0.1) is 10.2 Å². The molecule has 1 amide bonds. The maximum absolute atomic E-state index is 13.5. The van der Waals surface area contributed by atoms with Gasteiger partial charge >= 0.3 is 5.91 Å². The third-order valence-corrected chi connectivity index (χ3v) is 7.76. The Morgan fingerprint density at radius 1 is 1.10 bits per heavy atom. The minimum Gasteiger partial charge on any atom is -0.507 e. The van der Waals surface area contributed by atoms with Crippen molar-refractivity contribution in [3.8, 4) is 17.2 Å². The van der Waals surface area contributed by atoms with Crippen molar-refractivity contribution in [2.45, 2.75) is 65.5 Å². The van der Waals surface area contributed by atoms with Crippen LogP contribution >= 0.6 is 11.3 Å². The van der Waals surface area contributed by atoms with E-state index in [9.17, 15) is 14.7 Å². The van der Waals surface area contributed by atoms with Crippen molar-refractivity contribution in [3.63, 3.8) is 0 Å². The molecular weight excluding hydrogens is 530 g/mol. The SMILES string of the molecule is CCCCCOc1ccc(C2/C(=C(/O)c3ccc4c(c3)CC(C)O4)C(=O)C(=O)N2c2nnc(C)s2)cc1OCC. The molecule has 1 saturated heterocycles. The fraction of sp³-hybridized carbons (Fsp3) is 0.400. The molecule has 1 aromatic heterocycles. The number of hydrogen-bond donors (Lipinski definition) is 1. The third-order valence-electron chi connectivity index (χ3n) is 6.92. The lowest BCUT2D eigenvalue weighted by Gasteiger charge is -2.23. The van der Waals surface area contributed by atoms with Crippen LogP contribution in [0, 0.1) is 6.92 Å². The van der Waals surface area contributed by atoms with Gasteiger partial charge in [0.05, 0.1) is 24.8 Å². The molecule has 2 atom stereocenters. The Morgan fingerprint density at radius 3 is 2.65 bits per heavy atom. The predicted molar refractivity (Wildman–Crippen MR) is 152 cm³/mol. The van der Waals surface area contributed by atoms with E-state index in [1.54, 1.807) is 37.3 Å². The first-order valence-electron chi connectivity index (χ1n) is 13.6. The second kappa shape index (κ2) is 11.7. The highest BCUT2D eigenvalue weighted by Gasteiger charge is 2.48. The largest absolute Gasteiger partial charge is 0.507 e. The molecule has 10 heteroatoms. The highest BCUT2D eigenvalue weighted by Crippen LogP contribution is 2.45. The summed E-state index contributed by atoms with van der Waals surface area (Å²) in [6.45, 7) is 8.71. The molecule has 2 aliphatic rings. The molecule has 1 N–H and O–H groups in total. The number of Topliss-reactive ketones (excluding diaryl/α,β-unsaturated/α-hetero) is 1. The quantitative estimate of drug-likeness (QED) is 0.143. The van der Waals surface area contributed by atoms with Gasteiger partial charge in [0, 0.05) is 12.0 Å². The molecule has 3 aromatic rings. The fourth-order valence-corrected chi connectivity index (χ4v) is 5.78. The van der Waals surface area contributed by atoms with E-state index in [0.29, 0.717) is 47.3 Å². The number of aliphatic hydroxyl groups is 1. The summed E-state index contributed by atoms with van der Waals surface area (Å²) in [7, 11) is 0. The number of ketones is 1. The van der Waals surface area contributed by atoms with Crippen molar-refractivity contribution >= 4 is 33.9 Å².